The zero-order valence-corrected chi connectivity index (χ0v) is 15.3. The van der Waals surface area contributed by atoms with Crippen molar-refractivity contribution in [3.05, 3.63) is 0 Å². The summed E-state index contributed by atoms with van der Waals surface area (Å²) >= 11 is 0. The van der Waals surface area contributed by atoms with Crippen LogP contribution in [0.25, 0.3) is 0 Å². The monoisotopic (exact) mass is 346 g/mol. The van der Waals surface area contributed by atoms with Crippen LogP contribution in [0.5, 0.6) is 0 Å². The summed E-state index contributed by atoms with van der Waals surface area (Å²) in [5.41, 5.74) is 0. The third kappa shape index (κ3) is 28.7. The van der Waals surface area contributed by atoms with Gasteiger partial charge in [0.15, 0.2) is 0 Å². The summed E-state index contributed by atoms with van der Waals surface area (Å²) in [5.74, 6) is 0. The summed E-state index contributed by atoms with van der Waals surface area (Å²) in [6.45, 7) is 4.82. The van der Waals surface area contributed by atoms with Gasteiger partial charge in [-0.2, -0.15) is 16.8 Å². The van der Waals surface area contributed by atoms with Crippen molar-refractivity contribution < 1.29 is 25.2 Å². The zero-order valence-electron chi connectivity index (χ0n) is 13.6. The number of hydrogen-bond donors (Lipinski definition) is 0. The third-order valence-electron chi connectivity index (χ3n) is 2.34. The van der Waals surface area contributed by atoms with Crippen LogP contribution >= 0.6 is 0 Å². The first kappa shape index (κ1) is 23.1. The molecule has 0 rings (SSSR count). The van der Waals surface area contributed by atoms with E-state index < -0.39 is 20.2 Å². The van der Waals surface area contributed by atoms with Gasteiger partial charge in [-0.25, -0.2) is 0 Å². The summed E-state index contributed by atoms with van der Waals surface area (Å²) in [7, 11) is -6.42. The molecule has 21 heavy (non-hydrogen) atoms. The Hall–Kier alpha value is -0.180. The minimum atomic E-state index is -3.21. The lowest BCUT2D eigenvalue weighted by Crippen LogP contribution is -2.03. The maximum absolute atomic E-state index is 10.4. The van der Waals surface area contributed by atoms with Crippen LogP contribution in [0.1, 0.15) is 58.8 Å². The van der Waals surface area contributed by atoms with Gasteiger partial charge < -0.3 is 0 Å². The van der Waals surface area contributed by atoms with Gasteiger partial charge in [0.05, 0.1) is 25.7 Å². The molecule has 0 spiro atoms. The lowest BCUT2D eigenvalue weighted by molar-refractivity contribution is 0.310. The lowest BCUT2D eigenvalue weighted by atomic mass is 10.2. The van der Waals surface area contributed by atoms with E-state index in [2.05, 4.69) is 22.2 Å². The predicted molar refractivity (Wildman–Crippen MR) is 85.3 cm³/mol. The lowest BCUT2D eigenvalue weighted by Gasteiger charge is -1.99. The number of rotatable bonds is 11. The van der Waals surface area contributed by atoms with Crippen LogP contribution in [0.3, 0.4) is 0 Å². The molecule has 0 aliphatic heterocycles. The first-order chi connectivity index (χ1) is 9.62. The van der Waals surface area contributed by atoms with Crippen LogP contribution in [-0.4, -0.2) is 42.6 Å². The highest BCUT2D eigenvalue weighted by Crippen LogP contribution is 2.00. The molecule has 0 saturated carbocycles. The van der Waals surface area contributed by atoms with Crippen molar-refractivity contribution >= 4 is 20.2 Å². The molecule has 130 valence electrons. The van der Waals surface area contributed by atoms with Crippen molar-refractivity contribution in [3.63, 3.8) is 0 Å². The summed E-state index contributed by atoms with van der Waals surface area (Å²) in [5, 5.41) is 0. The second-order valence-electron chi connectivity index (χ2n) is 4.82. The molecular weight excluding hydrogens is 316 g/mol. The zero-order chi connectivity index (χ0) is 16.8. The van der Waals surface area contributed by atoms with Crippen LogP contribution in [0.15, 0.2) is 0 Å². The van der Waals surface area contributed by atoms with Crippen molar-refractivity contribution in [3.8, 4) is 0 Å². The van der Waals surface area contributed by atoms with Crippen molar-refractivity contribution in [2.75, 3.05) is 25.7 Å². The minimum Gasteiger partial charge on any atom is -0.270 e. The molecule has 0 aromatic rings. The quantitative estimate of drug-likeness (QED) is 0.422. The predicted octanol–water partition coefficient (Wildman–Crippen LogP) is 2.70. The fourth-order valence-electron chi connectivity index (χ4n) is 1.30. The molecule has 0 amide bonds. The fourth-order valence-corrected chi connectivity index (χ4v) is 2.14. The number of hydrogen-bond acceptors (Lipinski definition) is 6. The summed E-state index contributed by atoms with van der Waals surface area (Å²) in [6, 6.07) is 0. The molecule has 0 fully saturated rings. The van der Waals surface area contributed by atoms with Crippen LogP contribution in [0.4, 0.5) is 0 Å². The van der Waals surface area contributed by atoms with Gasteiger partial charge in [-0.05, 0) is 12.8 Å². The molecule has 0 unspecified atom stereocenters. The molecule has 0 aromatic heterocycles. The van der Waals surface area contributed by atoms with Gasteiger partial charge in [0, 0.05) is 0 Å². The second kappa shape index (κ2) is 13.5. The van der Waals surface area contributed by atoms with E-state index in [0.29, 0.717) is 13.2 Å². The first-order valence-electron chi connectivity index (χ1n) is 7.31. The molecule has 0 atom stereocenters. The van der Waals surface area contributed by atoms with E-state index in [-0.39, 0.29) is 0 Å². The average Bonchev–Trinajstić information content (AvgIpc) is 2.33. The van der Waals surface area contributed by atoms with Gasteiger partial charge in [0.25, 0.3) is 20.2 Å². The van der Waals surface area contributed by atoms with Gasteiger partial charge in [0.1, 0.15) is 0 Å². The summed E-state index contributed by atoms with van der Waals surface area (Å²) < 4.78 is 50.7. The Kier molecular flexibility index (Phi) is 14.8. The van der Waals surface area contributed by atoms with E-state index in [0.717, 1.165) is 57.5 Å². The highest BCUT2D eigenvalue weighted by atomic mass is 32.2. The van der Waals surface area contributed by atoms with Gasteiger partial charge in [-0.3, -0.25) is 8.37 Å². The SMILES string of the molecule is CCCCCCOS(C)(=O)=O.CCCCCOS(C)(=O)=O. The Morgan fingerprint density at radius 2 is 0.952 bits per heavy atom. The Morgan fingerprint density at radius 3 is 1.29 bits per heavy atom. The van der Waals surface area contributed by atoms with Crippen molar-refractivity contribution in [2.24, 2.45) is 0 Å². The standard InChI is InChI=1S/C7H16O3S.C6H14O3S/c1-3-4-5-6-7-10-11(2,8)9;1-3-4-5-6-9-10(2,7)8/h3-7H2,1-2H3;3-6H2,1-2H3. The van der Waals surface area contributed by atoms with Crippen LogP contribution in [0.2, 0.25) is 0 Å². The van der Waals surface area contributed by atoms with E-state index in [1.807, 2.05) is 0 Å². The minimum absolute atomic E-state index is 0.326. The van der Waals surface area contributed by atoms with Gasteiger partial charge in [-0.1, -0.05) is 46.0 Å². The maximum atomic E-state index is 10.4. The average molecular weight is 347 g/mol. The number of unbranched alkanes of at least 4 members (excludes halogenated alkanes) is 5. The third-order valence-corrected chi connectivity index (χ3v) is 3.53. The molecule has 0 N–H and O–H groups in total. The van der Waals surface area contributed by atoms with Gasteiger partial charge in [0.2, 0.25) is 0 Å². The highest BCUT2D eigenvalue weighted by Gasteiger charge is 1.99. The van der Waals surface area contributed by atoms with Crippen LogP contribution in [0, 0.1) is 0 Å². The molecule has 0 heterocycles. The highest BCUT2D eigenvalue weighted by molar-refractivity contribution is 7.86. The fraction of sp³-hybridized carbons (Fsp3) is 1.00. The van der Waals surface area contributed by atoms with Crippen LogP contribution < -0.4 is 0 Å². The topological polar surface area (TPSA) is 86.7 Å². The van der Waals surface area contributed by atoms with Gasteiger partial charge >= 0.3 is 0 Å². The first-order valence-corrected chi connectivity index (χ1v) is 10.9. The molecule has 0 aromatic carbocycles. The molecule has 0 bridgehead atoms. The molecule has 6 nitrogen and oxygen atoms in total. The second-order valence-corrected chi connectivity index (χ2v) is 8.11. The van der Waals surface area contributed by atoms with Crippen molar-refractivity contribution in [1.29, 1.82) is 0 Å². The van der Waals surface area contributed by atoms with Crippen molar-refractivity contribution in [1.82, 2.24) is 0 Å². The van der Waals surface area contributed by atoms with Gasteiger partial charge in [-0.15, -0.1) is 0 Å². The Bertz CT molecular complexity index is 414. The largest absolute Gasteiger partial charge is 0.270 e. The molecule has 0 saturated heterocycles. The summed E-state index contributed by atoms with van der Waals surface area (Å²) in [6.07, 6.45) is 9.25. The molecule has 0 aliphatic carbocycles. The van der Waals surface area contributed by atoms with E-state index in [1.54, 1.807) is 0 Å². The maximum Gasteiger partial charge on any atom is 0.264 e. The van der Waals surface area contributed by atoms with E-state index >= 15 is 0 Å². The normalized spacial score (nSPS) is 11.8. The molecule has 8 heteroatoms. The van der Waals surface area contributed by atoms with E-state index in [1.165, 1.54) is 0 Å². The molecule has 0 aliphatic rings. The summed E-state index contributed by atoms with van der Waals surface area (Å²) in [4.78, 5) is 0. The smallest absolute Gasteiger partial charge is 0.264 e. The van der Waals surface area contributed by atoms with Crippen LogP contribution in [-0.2, 0) is 28.6 Å². The molecular formula is C13H30O6S2. The molecule has 0 radical (unpaired) electrons. The van der Waals surface area contributed by atoms with E-state index in [4.69, 9.17) is 0 Å². The Morgan fingerprint density at radius 1 is 0.619 bits per heavy atom. The Labute approximate surface area is 130 Å². The van der Waals surface area contributed by atoms with Crippen molar-refractivity contribution in [2.45, 2.75) is 58.8 Å². The van der Waals surface area contributed by atoms with E-state index in [9.17, 15) is 16.8 Å². The Balaban J connectivity index is 0.